The molecule has 3 aromatic rings. The van der Waals surface area contributed by atoms with Crippen molar-refractivity contribution in [1.82, 2.24) is 14.7 Å². The van der Waals surface area contributed by atoms with Gasteiger partial charge in [-0.3, -0.25) is 9.20 Å². The molecule has 0 bridgehead atoms. The van der Waals surface area contributed by atoms with Crippen molar-refractivity contribution in [2.75, 3.05) is 0 Å². The molecule has 0 spiro atoms. The van der Waals surface area contributed by atoms with Gasteiger partial charge in [0.05, 0.1) is 12.2 Å². The maximum Gasteiger partial charge on any atom is 0.287 e. The smallest absolute Gasteiger partial charge is 0.287 e. The minimum Gasteiger partial charge on any atom is -0.444 e. The summed E-state index contributed by atoms with van der Waals surface area (Å²) in [7, 11) is 0. The number of nitrogens with one attached hydrogen (secondary N) is 1. The Morgan fingerprint density at radius 2 is 2.25 bits per heavy atom. The van der Waals surface area contributed by atoms with Crippen LogP contribution in [0.25, 0.3) is 5.65 Å². The van der Waals surface area contributed by atoms with Crippen LogP contribution in [0.1, 0.15) is 16.2 Å². The number of nitrogens with zero attached hydrogens (tertiary/aromatic N) is 2. The van der Waals surface area contributed by atoms with E-state index in [1.54, 1.807) is 28.8 Å². The molecule has 0 aliphatic rings. The highest BCUT2D eigenvalue weighted by atomic mass is 79.9. The van der Waals surface area contributed by atoms with Crippen molar-refractivity contribution in [3.8, 4) is 0 Å². The summed E-state index contributed by atoms with van der Waals surface area (Å²) in [4.78, 5) is 16.2. The summed E-state index contributed by atoms with van der Waals surface area (Å²) in [6.45, 7) is 0.301. The number of aromatic nitrogens is 2. The van der Waals surface area contributed by atoms with Gasteiger partial charge < -0.3 is 9.73 Å². The molecule has 1 N–H and O–H groups in total. The van der Waals surface area contributed by atoms with Crippen molar-refractivity contribution in [3.05, 3.63) is 57.8 Å². The van der Waals surface area contributed by atoms with E-state index in [0.29, 0.717) is 16.4 Å². The van der Waals surface area contributed by atoms with Crippen LogP contribution in [0.3, 0.4) is 0 Å². The summed E-state index contributed by atoms with van der Waals surface area (Å²) >= 11 is 9.20. The Balaban J connectivity index is 1.74. The number of hydrogen-bond acceptors (Lipinski definition) is 3. The van der Waals surface area contributed by atoms with Crippen LogP contribution in [0.2, 0.25) is 5.15 Å². The zero-order valence-electron chi connectivity index (χ0n) is 10.1. The fourth-order valence-electron chi connectivity index (χ4n) is 1.81. The van der Waals surface area contributed by atoms with Crippen molar-refractivity contribution >= 4 is 39.1 Å². The van der Waals surface area contributed by atoms with Crippen LogP contribution >= 0.6 is 27.5 Å². The lowest BCUT2D eigenvalue weighted by atomic mass is 10.4. The second-order valence-corrected chi connectivity index (χ2v) is 5.26. The molecule has 0 radical (unpaired) electrons. The summed E-state index contributed by atoms with van der Waals surface area (Å²) in [6.07, 6.45) is 1.79. The topological polar surface area (TPSA) is 59.5 Å². The van der Waals surface area contributed by atoms with E-state index in [1.165, 1.54) is 0 Å². The SMILES string of the molecule is O=C(NCc1cn2c(Cl)cccc2n1)c1ccc(Br)o1. The molecule has 0 saturated carbocycles. The highest BCUT2D eigenvalue weighted by Crippen LogP contribution is 2.15. The van der Waals surface area contributed by atoms with Gasteiger partial charge >= 0.3 is 0 Å². The summed E-state index contributed by atoms with van der Waals surface area (Å²) < 4.78 is 7.44. The summed E-state index contributed by atoms with van der Waals surface area (Å²) in [5.74, 6) is -0.0440. The number of fused-ring (bicyclic) bond motifs is 1. The lowest BCUT2D eigenvalue weighted by Crippen LogP contribution is -2.22. The molecule has 0 saturated heterocycles. The van der Waals surface area contributed by atoms with Gasteiger partial charge in [-0.1, -0.05) is 17.7 Å². The number of pyridine rings is 1. The van der Waals surface area contributed by atoms with Gasteiger partial charge in [-0.25, -0.2) is 4.98 Å². The molecule has 0 fully saturated rings. The molecule has 5 nitrogen and oxygen atoms in total. The second-order valence-electron chi connectivity index (χ2n) is 4.10. The number of carbonyl (C=O) groups excluding carboxylic acids is 1. The van der Waals surface area contributed by atoms with Crippen molar-refractivity contribution in [1.29, 1.82) is 0 Å². The molecular formula is C13H9BrClN3O2. The standard InChI is InChI=1S/C13H9BrClN3O2/c14-10-5-4-9(20-10)13(19)16-6-8-7-18-11(15)2-1-3-12(18)17-8/h1-5,7H,6H2,(H,16,19). The second kappa shape index (κ2) is 5.30. The molecule has 0 unspecified atom stereocenters. The number of hydrogen-bond donors (Lipinski definition) is 1. The van der Waals surface area contributed by atoms with E-state index < -0.39 is 0 Å². The number of imidazole rings is 1. The maximum atomic E-state index is 11.8. The Morgan fingerprint density at radius 3 is 2.95 bits per heavy atom. The maximum absolute atomic E-state index is 11.8. The Bertz CT molecular complexity index is 781. The molecule has 0 aromatic carbocycles. The predicted octanol–water partition coefficient (Wildman–Crippen LogP) is 3.27. The van der Waals surface area contributed by atoms with Gasteiger partial charge in [0.15, 0.2) is 10.4 Å². The molecule has 20 heavy (non-hydrogen) atoms. The van der Waals surface area contributed by atoms with E-state index >= 15 is 0 Å². The van der Waals surface area contributed by atoms with E-state index in [9.17, 15) is 4.79 Å². The average molecular weight is 355 g/mol. The zero-order chi connectivity index (χ0) is 14.1. The summed E-state index contributed by atoms with van der Waals surface area (Å²) in [5, 5.41) is 3.31. The minimum absolute atomic E-state index is 0.249. The van der Waals surface area contributed by atoms with Gasteiger partial charge in [0.2, 0.25) is 0 Å². The fourth-order valence-corrected chi connectivity index (χ4v) is 2.32. The van der Waals surface area contributed by atoms with Crippen LogP contribution in [-0.4, -0.2) is 15.3 Å². The third-order valence-electron chi connectivity index (χ3n) is 2.72. The highest BCUT2D eigenvalue weighted by molar-refractivity contribution is 9.10. The number of carbonyl (C=O) groups is 1. The Morgan fingerprint density at radius 1 is 1.40 bits per heavy atom. The van der Waals surface area contributed by atoms with Crippen LogP contribution in [0, 0.1) is 0 Å². The Kier molecular flexibility index (Phi) is 3.50. The van der Waals surface area contributed by atoms with Gasteiger partial charge in [-0.15, -0.1) is 0 Å². The Hall–Kier alpha value is -1.79. The van der Waals surface area contributed by atoms with Crippen LogP contribution in [-0.2, 0) is 6.54 Å². The first-order chi connectivity index (χ1) is 9.63. The lowest BCUT2D eigenvalue weighted by molar-refractivity contribution is 0.0921. The summed E-state index contributed by atoms with van der Waals surface area (Å²) in [6, 6.07) is 8.72. The molecule has 3 aromatic heterocycles. The highest BCUT2D eigenvalue weighted by Gasteiger charge is 2.11. The number of amides is 1. The van der Waals surface area contributed by atoms with Crippen LogP contribution in [0.4, 0.5) is 0 Å². The first-order valence-corrected chi connectivity index (χ1v) is 6.96. The third-order valence-corrected chi connectivity index (χ3v) is 3.45. The number of rotatable bonds is 3. The molecule has 0 aliphatic carbocycles. The van der Waals surface area contributed by atoms with Crippen molar-refractivity contribution in [2.45, 2.75) is 6.54 Å². The fraction of sp³-hybridized carbons (Fsp3) is 0.0769. The molecule has 3 heterocycles. The molecule has 0 aliphatic heterocycles. The number of halogens is 2. The summed E-state index contributed by atoms with van der Waals surface area (Å²) in [5.41, 5.74) is 1.46. The average Bonchev–Trinajstić information content (AvgIpc) is 3.03. The predicted molar refractivity (Wildman–Crippen MR) is 77.8 cm³/mol. The van der Waals surface area contributed by atoms with Crippen LogP contribution in [0.15, 0.2) is 45.6 Å². The first kappa shape index (κ1) is 13.2. The minimum atomic E-state index is -0.293. The van der Waals surface area contributed by atoms with Gasteiger partial charge in [0.25, 0.3) is 5.91 Å². The molecular weight excluding hydrogens is 346 g/mol. The zero-order valence-corrected chi connectivity index (χ0v) is 12.5. The van der Waals surface area contributed by atoms with Gasteiger partial charge in [0, 0.05) is 6.20 Å². The van der Waals surface area contributed by atoms with E-state index in [1.807, 2.05) is 12.1 Å². The number of furan rings is 1. The van der Waals surface area contributed by atoms with E-state index in [-0.39, 0.29) is 11.7 Å². The molecule has 7 heteroatoms. The van der Waals surface area contributed by atoms with Crippen molar-refractivity contribution in [3.63, 3.8) is 0 Å². The van der Waals surface area contributed by atoms with Crippen molar-refractivity contribution in [2.24, 2.45) is 0 Å². The van der Waals surface area contributed by atoms with Gasteiger partial charge in [-0.05, 0) is 40.2 Å². The lowest BCUT2D eigenvalue weighted by Gasteiger charge is -1.99. The molecule has 102 valence electrons. The molecule has 0 atom stereocenters. The monoisotopic (exact) mass is 353 g/mol. The molecule has 1 amide bonds. The van der Waals surface area contributed by atoms with Crippen molar-refractivity contribution < 1.29 is 9.21 Å². The van der Waals surface area contributed by atoms with E-state index in [0.717, 1.165) is 11.3 Å². The normalized spacial score (nSPS) is 10.9. The van der Waals surface area contributed by atoms with Crippen LogP contribution in [0.5, 0.6) is 0 Å². The van der Waals surface area contributed by atoms with Crippen LogP contribution < -0.4 is 5.32 Å². The van der Waals surface area contributed by atoms with E-state index in [2.05, 4.69) is 26.2 Å². The first-order valence-electron chi connectivity index (χ1n) is 5.79. The third kappa shape index (κ3) is 2.57. The molecule has 3 rings (SSSR count). The Labute approximate surface area is 127 Å². The van der Waals surface area contributed by atoms with E-state index in [4.69, 9.17) is 16.0 Å². The quantitative estimate of drug-likeness (QED) is 0.734. The van der Waals surface area contributed by atoms with Gasteiger partial charge in [0.1, 0.15) is 10.8 Å². The van der Waals surface area contributed by atoms with Gasteiger partial charge in [-0.2, -0.15) is 0 Å². The largest absolute Gasteiger partial charge is 0.444 e.